The SMILES string of the molecule is O=Cc1c(Cl)cnc(CBr)c1C(F)F. The van der Waals surface area contributed by atoms with Crippen LogP contribution >= 0.6 is 27.5 Å². The minimum absolute atomic E-state index is 0.0556. The molecule has 0 atom stereocenters. The van der Waals surface area contributed by atoms with Gasteiger partial charge in [-0.05, 0) is 0 Å². The van der Waals surface area contributed by atoms with Crippen LogP contribution in [0, 0.1) is 0 Å². The molecule has 0 aromatic carbocycles. The zero-order valence-corrected chi connectivity index (χ0v) is 9.15. The van der Waals surface area contributed by atoms with Crippen molar-refractivity contribution in [2.24, 2.45) is 0 Å². The monoisotopic (exact) mass is 283 g/mol. The lowest BCUT2D eigenvalue weighted by Crippen LogP contribution is -2.02. The van der Waals surface area contributed by atoms with E-state index >= 15 is 0 Å². The molecule has 6 heteroatoms. The molecule has 76 valence electrons. The van der Waals surface area contributed by atoms with Crippen LogP contribution in [-0.4, -0.2) is 11.3 Å². The Bertz CT molecular complexity index is 359. The average molecular weight is 284 g/mol. The highest BCUT2D eigenvalue weighted by Gasteiger charge is 2.20. The van der Waals surface area contributed by atoms with Gasteiger partial charge in [-0.25, -0.2) is 8.78 Å². The van der Waals surface area contributed by atoms with E-state index in [1.807, 2.05) is 0 Å². The zero-order valence-electron chi connectivity index (χ0n) is 6.81. The summed E-state index contributed by atoms with van der Waals surface area (Å²) in [6, 6.07) is 0. The largest absolute Gasteiger partial charge is 0.298 e. The van der Waals surface area contributed by atoms with Crippen LogP contribution in [0.25, 0.3) is 0 Å². The third-order valence-corrected chi connectivity index (χ3v) is 2.49. The Morgan fingerprint density at radius 3 is 2.71 bits per heavy atom. The van der Waals surface area contributed by atoms with Gasteiger partial charge in [-0.2, -0.15) is 0 Å². The first-order valence-corrected chi connectivity index (χ1v) is 5.08. The van der Waals surface area contributed by atoms with Crippen LogP contribution in [0.5, 0.6) is 0 Å². The normalized spacial score (nSPS) is 10.6. The number of hydrogen-bond donors (Lipinski definition) is 0. The maximum absolute atomic E-state index is 12.6. The van der Waals surface area contributed by atoms with E-state index in [0.29, 0.717) is 6.29 Å². The first-order valence-electron chi connectivity index (χ1n) is 3.58. The summed E-state index contributed by atoms with van der Waals surface area (Å²) in [5.41, 5.74) is -0.456. The van der Waals surface area contributed by atoms with Crippen molar-refractivity contribution in [2.75, 3.05) is 0 Å². The molecule has 0 unspecified atom stereocenters. The summed E-state index contributed by atoms with van der Waals surface area (Å²) in [6.07, 6.45) is -1.25. The van der Waals surface area contributed by atoms with E-state index in [9.17, 15) is 13.6 Å². The molecule has 0 aliphatic carbocycles. The molecule has 1 rings (SSSR count). The molecule has 1 heterocycles. The molecule has 0 saturated carbocycles. The minimum atomic E-state index is -2.76. The molecule has 1 aromatic rings. The highest BCUT2D eigenvalue weighted by molar-refractivity contribution is 9.08. The predicted octanol–water partition coefficient (Wildman–Crippen LogP) is 3.38. The van der Waals surface area contributed by atoms with Crippen molar-refractivity contribution in [3.05, 3.63) is 28.0 Å². The Labute approximate surface area is 92.4 Å². The van der Waals surface area contributed by atoms with Crippen molar-refractivity contribution in [1.82, 2.24) is 4.98 Å². The summed E-state index contributed by atoms with van der Waals surface area (Å²) in [4.78, 5) is 14.3. The Balaban J connectivity index is 3.43. The molecule has 0 fully saturated rings. The predicted molar refractivity (Wildman–Crippen MR) is 52.2 cm³/mol. The fourth-order valence-electron chi connectivity index (χ4n) is 1.03. The van der Waals surface area contributed by atoms with Gasteiger partial charge in [-0.1, -0.05) is 27.5 Å². The van der Waals surface area contributed by atoms with Crippen LogP contribution in [0.15, 0.2) is 6.20 Å². The number of aldehydes is 1. The van der Waals surface area contributed by atoms with Gasteiger partial charge in [0, 0.05) is 17.1 Å². The molecule has 0 N–H and O–H groups in total. The van der Waals surface area contributed by atoms with Gasteiger partial charge in [-0.15, -0.1) is 0 Å². The quantitative estimate of drug-likeness (QED) is 0.629. The lowest BCUT2D eigenvalue weighted by molar-refractivity contribution is 0.110. The summed E-state index contributed by atoms with van der Waals surface area (Å²) in [7, 11) is 0. The number of alkyl halides is 3. The maximum atomic E-state index is 12.6. The molecule has 0 spiro atoms. The van der Waals surface area contributed by atoms with Gasteiger partial charge in [0.25, 0.3) is 6.43 Å². The molecule has 1 aromatic heterocycles. The fourth-order valence-corrected chi connectivity index (χ4v) is 1.67. The summed E-state index contributed by atoms with van der Waals surface area (Å²) >= 11 is 8.57. The Hall–Kier alpha value is -0.550. The summed E-state index contributed by atoms with van der Waals surface area (Å²) < 4.78 is 25.1. The van der Waals surface area contributed by atoms with E-state index in [0.717, 1.165) is 0 Å². The highest BCUT2D eigenvalue weighted by atomic mass is 79.9. The first kappa shape index (κ1) is 11.5. The second-order valence-corrected chi connectivity index (χ2v) is 3.40. The number of halogens is 4. The lowest BCUT2D eigenvalue weighted by Gasteiger charge is -2.08. The zero-order chi connectivity index (χ0) is 10.7. The van der Waals surface area contributed by atoms with Crippen molar-refractivity contribution >= 4 is 33.8 Å². The molecular weight excluding hydrogens is 279 g/mol. The van der Waals surface area contributed by atoms with Gasteiger partial charge in [0.1, 0.15) is 0 Å². The highest BCUT2D eigenvalue weighted by Crippen LogP contribution is 2.29. The van der Waals surface area contributed by atoms with E-state index < -0.39 is 12.0 Å². The van der Waals surface area contributed by atoms with Crippen LogP contribution < -0.4 is 0 Å². The van der Waals surface area contributed by atoms with Crippen LogP contribution in [0.3, 0.4) is 0 Å². The standard InChI is InChI=1S/C8H5BrClF2NO/c9-1-6-7(8(11)12)4(3-14)5(10)2-13-6/h2-3,8H,1H2. The van der Waals surface area contributed by atoms with E-state index in [1.165, 1.54) is 6.20 Å². The molecule has 0 bridgehead atoms. The number of aromatic nitrogens is 1. The van der Waals surface area contributed by atoms with Crippen LogP contribution in [-0.2, 0) is 5.33 Å². The summed E-state index contributed by atoms with van der Waals surface area (Å²) in [6.45, 7) is 0. The van der Waals surface area contributed by atoms with Crippen molar-refractivity contribution in [1.29, 1.82) is 0 Å². The van der Waals surface area contributed by atoms with Crippen molar-refractivity contribution in [3.8, 4) is 0 Å². The second kappa shape index (κ2) is 4.79. The number of pyridine rings is 1. The maximum Gasteiger partial charge on any atom is 0.266 e. The third kappa shape index (κ3) is 2.09. The smallest absolute Gasteiger partial charge is 0.266 e. The number of hydrogen-bond acceptors (Lipinski definition) is 2. The molecule has 0 aliphatic heterocycles. The summed E-state index contributed by atoms with van der Waals surface area (Å²) in [5.74, 6) is 0. The van der Waals surface area contributed by atoms with Crippen LogP contribution in [0.2, 0.25) is 5.02 Å². The van der Waals surface area contributed by atoms with Crippen molar-refractivity contribution < 1.29 is 13.6 Å². The number of rotatable bonds is 3. The Kier molecular flexibility index (Phi) is 3.95. The number of carbonyl (C=O) groups is 1. The Morgan fingerprint density at radius 2 is 2.29 bits per heavy atom. The molecule has 0 radical (unpaired) electrons. The molecule has 2 nitrogen and oxygen atoms in total. The van der Waals surface area contributed by atoms with Gasteiger partial charge in [0.15, 0.2) is 6.29 Å². The van der Waals surface area contributed by atoms with E-state index in [2.05, 4.69) is 20.9 Å². The van der Waals surface area contributed by atoms with Crippen molar-refractivity contribution in [3.63, 3.8) is 0 Å². The number of nitrogens with zero attached hydrogens (tertiary/aromatic N) is 1. The topological polar surface area (TPSA) is 30.0 Å². The fraction of sp³-hybridized carbons (Fsp3) is 0.250. The average Bonchev–Trinajstić information content (AvgIpc) is 2.17. The molecular formula is C8H5BrClF2NO. The molecule has 0 amide bonds. The van der Waals surface area contributed by atoms with Crippen LogP contribution in [0.4, 0.5) is 8.78 Å². The second-order valence-electron chi connectivity index (χ2n) is 2.43. The van der Waals surface area contributed by atoms with Gasteiger partial charge < -0.3 is 0 Å². The lowest BCUT2D eigenvalue weighted by atomic mass is 10.1. The van der Waals surface area contributed by atoms with Gasteiger partial charge in [0.05, 0.1) is 16.3 Å². The first-order chi connectivity index (χ1) is 6.61. The van der Waals surface area contributed by atoms with E-state index in [-0.39, 0.29) is 21.6 Å². The van der Waals surface area contributed by atoms with Crippen molar-refractivity contribution in [2.45, 2.75) is 11.8 Å². The number of carbonyl (C=O) groups excluding carboxylic acids is 1. The van der Waals surface area contributed by atoms with Gasteiger partial charge in [0.2, 0.25) is 0 Å². The van der Waals surface area contributed by atoms with Gasteiger partial charge >= 0.3 is 0 Å². The van der Waals surface area contributed by atoms with Gasteiger partial charge in [-0.3, -0.25) is 9.78 Å². The Morgan fingerprint density at radius 1 is 1.64 bits per heavy atom. The molecule has 0 aliphatic rings. The molecule has 0 saturated heterocycles. The van der Waals surface area contributed by atoms with Crippen LogP contribution in [0.1, 0.15) is 28.0 Å². The van der Waals surface area contributed by atoms with E-state index in [4.69, 9.17) is 11.6 Å². The third-order valence-electron chi connectivity index (χ3n) is 1.65. The molecule has 14 heavy (non-hydrogen) atoms. The summed E-state index contributed by atoms with van der Waals surface area (Å²) in [5, 5.41) is 0.102. The van der Waals surface area contributed by atoms with E-state index in [1.54, 1.807) is 0 Å². The minimum Gasteiger partial charge on any atom is -0.298 e.